The second-order valence-electron chi connectivity index (χ2n) is 4.49. The van der Waals surface area contributed by atoms with Gasteiger partial charge in [0, 0.05) is 5.25 Å². The molecule has 0 spiro atoms. The van der Waals surface area contributed by atoms with E-state index in [0.29, 0.717) is 11.5 Å². The molecule has 0 bridgehead atoms. The van der Waals surface area contributed by atoms with Crippen molar-refractivity contribution in [1.82, 2.24) is 10.9 Å². The maximum Gasteiger partial charge on any atom is 0.217 e. The van der Waals surface area contributed by atoms with E-state index >= 15 is 0 Å². The summed E-state index contributed by atoms with van der Waals surface area (Å²) in [6.07, 6.45) is 10.7. The topological polar surface area (TPSA) is 58.2 Å². The summed E-state index contributed by atoms with van der Waals surface area (Å²) in [5.41, 5.74) is 5.95. The van der Waals surface area contributed by atoms with Crippen LogP contribution >= 0.6 is 11.8 Å². The first kappa shape index (κ1) is 12.8. The Morgan fingerprint density at radius 2 is 1.94 bits per heavy atom. The molecule has 0 aromatic carbocycles. The minimum absolute atomic E-state index is 0.203. The van der Waals surface area contributed by atoms with E-state index in [9.17, 15) is 9.59 Å². The van der Waals surface area contributed by atoms with Crippen LogP contribution in [0.25, 0.3) is 0 Å². The number of hydrogen-bond donors (Lipinski definition) is 2. The molecular formula is C12H18N2O2S. The number of aldehydes is 1. The lowest BCUT2D eigenvalue weighted by atomic mass is 10.0. The van der Waals surface area contributed by atoms with Crippen LogP contribution in [0.2, 0.25) is 0 Å². The van der Waals surface area contributed by atoms with E-state index in [1.807, 2.05) is 17.8 Å². The van der Waals surface area contributed by atoms with Crippen LogP contribution < -0.4 is 10.9 Å². The van der Waals surface area contributed by atoms with E-state index < -0.39 is 11.8 Å². The van der Waals surface area contributed by atoms with Crippen LogP contribution in [0.5, 0.6) is 0 Å². The molecule has 0 radical (unpaired) electrons. The Bertz CT molecular complexity index is 314. The van der Waals surface area contributed by atoms with Crippen molar-refractivity contribution in [1.29, 1.82) is 0 Å². The molecule has 17 heavy (non-hydrogen) atoms. The highest BCUT2D eigenvalue weighted by molar-refractivity contribution is 8.00. The number of carbonyl (C=O) groups excluding carboxylic acids is 2. The maximum atomic E-state index is 11.1. The van der Waals surface area contributed by atoms with Gasteiger partial charge in [-0.05, 0) is 12.8 Å². The van der Waals surface area contributed by atoms with Crippen molar-refractivity contribution >= 4 is 23.8 Å². The number of ketones is 1. The molecule has 4 nitrogen and oxygen atoms in total. The van der Waals surface area contributed by atoms with E-state index in [0.717, 1.165) is 0 Å². The molecule has 2 N–H and O–H groups in total. The predicted octanol–water partition coefficient (Wildman–Crippen LogP) is 1.18. The number of nitrogens with one attached hydrogen (secondary N) is 2. The molecule has 5 heteroatoms. The van der Waals surface area contributed by atoms with Crippen LogP contribution in [0.4, 0.5) is 0 Å². The van der Waals surface area contributed by atoms with E-state index in [-0.39, 0.29) is 5.37 Å². The number of hydrazine groups is 1. The Kier molecular flexibility index (Phi) is 4.76. The SMILES string of the molecule is O=CC(=O)C1C=CC(SC2CCCCC2)NN1. The highest BCUT2D eigenvalue weighted by atomic mass is 32.2. The van der Waals surface area contributed by atoms with Gasteiger partial charge in [-0.2, -0.15) is 0 Å². The standard InChI is InChI=1S/C12H18N2O2S/c15-8-11(16)10-6-7-12(14-13-10)17-9-4-2-1-3-5-9/h6-10,12-14H,1-5H2. The Morgan fingerprint density at radius 3 is 2.53 bits per heavy atom. The molecule has 0 saturated heterocycles. The lowest BCUT2D eigenvalue weighted by Gasteiger charge is -2.28. The molecule has 1 saturated carbocycles. The van der Waals surface area contributed by atoms with Gasteiger partial charge < -0.3 is 0 Å². The van der Waals surface area contributed by atoms with Crippen molar-refractivity contribution in [3.05, 3.63) is 12.2 Å². The van der Waals surface area contributed by atoms with Gasteiger partial charge in [-0.1, -0.05) is 31.4 Å². The van der Waals surface area contributed by atoms with Crippen molar-refractivity contribution < 1.29 is 9.59 Å². The minimum atomic E-state index is -0.504. The summed E-state index contributed by atoms with van der Waals surface area (Å²) >= 11 is 1.90. The van der Waals surface area contributed by atoms with Gasteiger partial charge in [-0.15, -0.1) is 11.8 Å². The Hall–Kier alpha value is -0.650. The summed E-state index contributed by atoms with van der Waals surface area (Å²) in [6, 6.07) is -0.504. The average Bonchev–Trinajstić information content (AvgIpc) is 2.40. The normalized spacial score (nSPS) is 30.1. The lowest BCUT2D eigenvalue weighted by molar-refractivity contribution is -0.130. The summed E-state index contributed by atoms with van der Waals surface area (Å²) in [7, 11) is 0. The fourth-order valence-electron chi connectivity index (χ4n) is 2.21. The quantitative estimate of drug-likeness (QED) is 0.448. The molecule has 0 amide bonds. The third kappa shape index (κ3) is 3.66. The highest BCUT2D eigenvalue weighted by Gasteiger charge is 2.23. The number of hydrogen-bond acceptors (Lipinski definition) is 5. The van der Waals surface area contributed by atoms with Crippen LogP contribution in [-0.4, -0.2) is 28.7 Å². The largest absolute Gasteiger partial charge is 0.295 e. The third-order valence-corrected chi connectivity index (χ3v) is 4.60. The molecule has 2 rings (SSSR count). The lowest BCUT2D eigenvalue weighted by Crippen LogP contribution is -2.51. The first-order chi connectivity index (χ1) is 8.29. The van der Waals surface area contributed by atoms with Crippen LogP contribution in [0.3, 0.4) is 0 Å². The molecule has 94 valence electrons. The monoisotopic (exact) mass is 254 g/mol. The van der Waals surface area contributed by atoms with Gasteiger partial charge >= 0.3 is 0 Å². The number of rotatable bonds is 4. The van der Waals surface area contributed by atoms with Gasteiger partial charge in [-0.25, -0.2) is 10.9 Å². The van der Waals surface area contributed by atoms with Gasteiger partial charge in [-0.3, -0.25) is 9.59 Å². The van der Waals surface area contributed by atoms with Gasteiger partial charge in [0.05, 0.1) is 5.37 Å². The van der Waals surface area contributed by atoms with E-state index in [1.165, 1.54) is 32.1 Å². The maximum absolute atomic E-state index is 11.1. The van der Waals surface area contributed by atoms with Crippen LogP contribution in [-0.2, 0) is 9.59 Å². The second-order valence-corrected chi connectivity index (χ2v) is 5.93. The molecule has 2 atom stereocenters. The van der Waals surface area contributed by atoms with Gasteiger partial charge in [0.1, 0.15) is 6.04 Å². The molecule has 1 heterocycles. The molecule has 0 aromatic rings. The summed E-state index contributed by atoms with van der Waals surface area (Å²) in [4.78, 5) is 21.5. The fourth-order valence-corrected chi connectivity index (χ4v) is 3.55. The molecule has 2 aliphatic rings. The van der Waals surface area contributed by atoms with E-state index in [4.69, 9.17) is 0 Å². The number of thioether (sulfide) groups is 1. The van der Waals surface area contributed by atoms with Gasteiger partial charge in [0.25, 0.3) is 0 Å². The number of Topliss-reactive ketones (excluding diaryl/α,β-unsaturated/α-hetero) is 1. The van der Waals surface area contributed by atoms with Gasteiger partial charge in [0.15, 0.2) is 6.29 Å². The molecule has 2 unspecified atom stereocenters. The van der Waals surface area contributed by atoms with Crippen LogP contribution in [0, 0.1) is 0 Å². The van der Waals surface area contributed by atoms with E-state index in [2.05, 4.69) is 10.9 Å². The fraction of sp³-hybridized carbons (Fsp3) is 0.667. The Morgan fingerprint density at radius 1 is 1.18 bits per heavy atom. The third-order valence-electron chi connectivity index (χ3n) is 3.17. The van der Waals surface area contributed by atoms with Crippen LogP contribution in [0.1, 0.15) is 32.1 Å². The summed E-state index contributed by atoms with van der Waals surface area (Å²) in [5.74, 6) is -0.435. The Labute approximate surface area is 106 Å². The molecule has 0 aromatic heterocycles. The second kappa shape index (κ2) is 6.33. The van der Waals surface area contributed by atoms with Crippen LogP contribution in [0.15, 0.2) is 12.2 Å². The molecule has 1 aliphatic heterocycles. The van der Waals surface area contributed by atoms with Crippen molar-refractivity contribution in [3.63, 3.8) is 0 Å². The first-order valence-corrected chi connectivity index (χ1v) is 7.08. The smallest absolute Gasteiger partial charge is 0.217 e. The molecule has 1 fully saturated rings. The summed E-state index contributed by atoms with van der Waals surface area (Å²) in [5, 5.41) is 0.917. The zero-order valence-corrected chi connectivity index (χ0v) is 10.5. The predicted molar refractivity (Wildman–Crippen MR) is 68.5 cm³/mol. The first-order valence-electron chi connectivity index (χ1n) is 6.13. The van der Waals surface area contributed by atoms with Crippen molar-refractivity contribution in [2.24, 2.45) is 0 Å². The van der Waals surface area contributed by atoms with Crippen molar-refractivity contribution in [2.45, 2.75) is 48.8 Å². The minimum Gasteiger partial charge on any atom is -0.295 e. The highest BCUT2D eigenvalue weighted by Crippen LogP contribution is 2.31. The van der Waals surface area contributed by atoms with Crippen molar-refractivity contribution in [2.75, 3.05) is 0 Å². The number of carbonyl (C=O) groups is 2. The molecule has 1 aliphatic carbocycles. The Balaban J connectivity index is 1.80. The zero-order valence-electron chi connectivity index (χ0n) is 9.72. The average molecular weight is 254 g/mol. The molecular weight excluding hydrogens is 236 g/mol. The van der Waals surface area contributed by atoms with Gasteiger partial charge in [0.2, 0.25) is 5.78 Å². The summed E-state index contributed by atoms with van der Waals surface area (Å²) < 4.78 is 0. The summed E-state index contributed by atoms with van der Waals surface area (Å²) in [6.45, 7) is 0. The van der Waals surface area contributed by atoms with Crippen molar-refractivity contribution in [3.8, 4) is 0 Å². The zero-order chi connectivity index (χ0) is 12.1. The van der Waals surface area contributed by atoms with E-state index in [1.54, 1.807) is 6.08 Å².